The largest absolute Gasteiger partial charge is 0.393 e. The van der Waals surface area contributed by atoms with Gasteiger partial charge < -0.3 is 10.6 Å². The molecular formula is C10H19N3OS. The average molecular weight is 229 g/mol. The van der Waals surface area contributed by atoms with Gasteiger partial charge in [0.1, 0.15) is 0 Å². The Morgan fingerprint density at radius 2 is 2.27 bits per heavy atom. The van der Waals surface area contributed by atoms with Crippen molar-refractivity contribution in [3.63, 3.8) is 0 Å². The van der Waals surface area contributed by atoms with Gasteiger partial charge in [0.15, 0.2) is 0 Å². The number of amides is 1. The lowest BCUT2D eigenvalue weighted by Crippen LogP contribution is -2.52. The molecule has 1 atom stereocenters. The number of carbonyl (C=O) groups is 1. The minimum absolute atomic E-state index is 0.183. The van der Waals surface area contributed by atoms with E-state index in [1.807, 2.05) is 7.05 Å². The van der Waals surface area contributed by atoms with Gasteiger partial charge in [0.2, 0.25) is 5.91 Å². The summed E-state index contributed by atoms with van der Waals surface area (Å²) in [5.74, 6) is 0.183. The van der Waals surface area contributed by atoms with Crippen LogP contribution in [-0.2, 0) is 4.79 Å². The molecule has 1 aliphatic heterocycles. The van der Waals surface area contributed by atoms with Crippen LogP contribution in [-0.4, -0.2) is 53.4 Å². The Kier molecular flexibility index (Phi) is 4.47. The van der Waals surface area contributed by atoms with Gasteiger partial charge in [-0.05, 0) is 6.42 Å². The molecule has 15 heavy (non-hydrogen) atoms. The second-order valence-electron chi connectivity index (χ2n) is 4.02. The molecule has 1 unspecified atom stereocenters. The van der Waals surface area contributed by atoms with Crippen LogP contribution in [0.15, 0.2) is 0 Å². The second-order valence-corrected chi connectivity index (χ2v) is 4.54. The van der Waals surface area contributed by atoms with Crippen molar-refractivity contribution < 1.29 is 4.79 Å². The number of likely N-dealkylation sites (N-methyl/N-ethyl adjacent to an activating group) is 1. The van der Waals surface area contributed by atoms with Crippen molar-refractivity contribution in [3.8, 4) is 0 Å². The van der Waals surface area contributed by atoms with Crippen LogP contribution in [0, 0.1) is 0 Å². The van der Waals surface area contributed by atoms with Gasteiger partial charge in [0.25, 0.3) is 0 Å². The van der Waals surface area contributed by atoms with Crippen LogP contribution in [0.5, 0.6) is 0 Å². The second kappa shape index (κ2) is 5.42. The number of nitrogens with two attached hydrogens (primary N) is 1. The molecule has 0 bridgehead atoms. The average Bonchev–Trinajstić information content (AvgIpc) is 2.18. The minimum Gasteiger partial charge on any atom is -0.393 e. The van der Waals surface area contributed by atoms with Crippen LogP contribution in [0.3, 0.4) is 0 Å². The molecule has 86 valence electrons. The maximum Gasteiger partial charge on any atom is 0.236 e. The van der Waals surface area contributed by atoms with Crippen molar-refractivity contribution in [3.05, 3.63) is 0 Å². The van der Waals surface area contributed by atoms with Crippen molar-refractivity contribution in [2.45, 2.75) is 25.8 Å². The Balaban J connectivity index is 2.54. The molecule has 0 aromatic rings. The highest BCUT2D eigenvalue weighted by atomic mass is 32.1. The molecule has 2 N–H and O–H groups in total. The normalized spacial score (nSPS) is 20.4. The molecular weight excluding hydrogens is 210 g/mol. The van der Waals surface area contributed by atoms with E-state index < -0.39 is 0 Å². The Hall–Kier alpha value is -0.680. The van der Waals surface area contributed by atoms with Crippen LogP contribution in [0.4, 0.5) is 0 Å². The van der Waals surface area contributed by atoms with Gasteiger partial charge >= 0.3 is 0 Å². The van der Waals surface area contributed by atoms with Gasteiger partial charge in [-0.3, -0.25) is 9.69 Å². The number of carbonyl (C=O) groups excluding carboxylic acids is 1. The quantitative estimate of drug-likeness (QED) is 0.700. The van der Waals surface area contributed by atoms with E-state index in [-0.39, 0.29) is 5.91 Å². The molecule has 0 radical (unpaired) electrons. The Morgan fingerprint density at radius 1 is 1.60 bits per heavy atom. The summed E-state index contributed by atoms with van der Waals surface area (Å²) in [5, 5.41) is 0. The first-order chi connectivity index (χ1) is 7.04. The van der Waals surface area contributed by atoms with E-state index in [9.17, 15) is 4.79 Å². The smallest absolute Gasteiger partial charge is 0.236 e. The number of thiocarbonyl (C=S) groups is 1. The third-order valence-electron chi connectivity index (χ3n) is 2.91. The number of nitrogens with zero attached hydrogens (tertiary/aromatic N) is 2. The molecule has 0 aliphatic carbocycles. The van der Waals surface area contributed by atoms with E-state index in [4.69, 9.17) is 18.0 Å². The first-order valence-electron chi connectivity index (χ1n) is 5.31. The van der Waals surface area contributed by atoms with Crippen molar-refractivity contribution in [2.24, 2.45) is 5.73 Å². The van der Waals surface area contributed by atoms with Gasteiger partial charge in [-0.25, -0.2) is 0 Å². The lowest BCUT2D eigenvalue weighted by atomic mass is 10.1. The summed E-state index contributed by atoms with van der Waals surface area (Å²) in [7, 11) is 1.84. The van der Waals surface area contributed by atoms with Crippen molar-refractivity contribution in [1.82, 2.24) is 9.80 Å². The fourth-order valence-electron chi connectivity index (χ4n) is 1.85. The van der Waals surface area contributed by atoms with Crippen molar-refractivity contribution in [2.75, 3.05) is 26.7 Å². The summed E-state index contributed by atoms with van der Waals surface area (Å²) in [6.07, 6.45) is 1.69. The minimum atomic E-state index is 0.183. The summed E-state index contributed by atoms with van der Waals surface area (Å²) in [4.78, 5) is 16.0. The molecule has 5 heteroatoms. The third kappa shape index (κ3) is 3.43. The van der Waals surface area contributed by atoms with Gasteiger partial charge in [0, 0.05) is 32.6 Å². The molecule has 1 rings (SSSR count). The Bertz CT molecular complexity index is 257. The number of rotatable bonds is 4. The van der Waals surface area contributed by atoms with Crippen molar-refractivity contribution in [1.29, 1.82) is 0 Å². The SMILES string of the molecule is CCC(CC(N)=S)N1CCN(C)C(=O)C1. The zero-order chi connectivity index (χ0) is 11.4. The van der Waals surface area contributed by atoms with Crippen LogP contribution >= 0.6 is 12.2 Å². The van der Waals surface area contributed by atoms with Gasteiger partial charge in [-0.2, -0.15) is 0 Å². The molecule has 0 saturated carbocycles. The molecule has 4 nitrogen and oxygen atoms in total. The topological polar surface area (TPSA) is 49.6 Å². The van der Waals surface area contributed by atoms with Gasteiger partial charge in [0.05, 0.1) is 11.5 Å². The van der Waals surface area contributed by atoms with Gasteiger partial charge in [-0.15, -0.1) is 0 Å². The maximum atomic E-state index is 11.5. The number of hydrogen-bond donors (Lipinski definition) is 1. The predicted octanol–water partition coefficient (Wildman–Crippen LogP) is 0.215. The van der Waals surface area contributed by atoms with E-state index in [2.05, 4.69) is 11.8 Å². The van der Waals surface area contributed by atoms with E-state index in [1.54, 1.807) is 4.90 Å². The van der Waals surface area contributed by atoms with Crippen LogP contribution in [0.25, 0.3) is 0 Å². The number of hydrogen-bond acceptors (Lipinski definition) is 3. The fourth-order valence-corrected chi connectivity index (χ4v) is 2.04. The van der Waals surface area contributed by atoms with E-state index in [0.717, 1.165) is 19.5 Å². The summed E-state index contributed by atoms with van der Waals surface area (Å²) in [6, 6.07) is 0.320. The zero-order valence-electron chi connectivity index (χ0n) is 9.40. The van der Waals surface area contributed by atoms with Crippen molar-refractivity contribution >= 4 is 23.1 Å². The number of piperazine rings is 1. The molecule has 1 heterocycles. The van der Waals surface area contributed by atoms with Crippen LogP contribution < -0.4 is 5.73 Å². The van der Waals surface area contributed by atoms with E-state index >= 15 is 0 Å². The molecule has 1 saturated heterocycles. The first kappa shape index (κ1) is 12.4. The van der Waals surface area contributed by atoms with Gasteiger partial charge in [-0.1, -0.05) is 19.1 Å². The van der Waals surface area contributed by atoms with E-state index in [0.29, 0.717) is 24.0 Å². The maximum absolute atomic E-state index is 11.5. The predicted molar refractivity (Wildman–Crippen MR) is 64.7 cm³/mol. The molecule has 0 aromatic carbocycles. The Morgan fingerprint density at radius 3 is 2.73 bits per heavy atom. The summed E-state index contributed by atoms with van der Waals surface area (Å²) in [6.45, 7) is 4.32. The standard InChI is InChI=1S/C10H19N3OS/c1-3-8(6-9(11)15)13-5-4-12(2)10(14)7-13/h8H,3-7H2,1-2H3,(H2,11,15). The molecule has 0 aromatic heterocycles. The summed E-state index contributed by atoms with van der Waals surface area (Å²) < 4.78 is 0. The molecule has 1 amide bonds. The third-order valence-corrected chi connectivity index (χ3v) is 3.08. The lowest BCUT2D eigenvalue weighted by molar-refractivity contribution is -0.135. The Labute approximate surface area is 96.4 Å². The highest BCUT2D eigenvalue weighted by Crippen LogP contribution is 2.12. The highest BCUT2D eigenvalue weighted by Gasteiger charge is 2.26. The van der Waals surface area contributed by atoms with Crippen LogP contribution in [0.1, 0.15) is 19.8 Å². The molecule has 0 spiro atoms. The first-order valence-corrected chi connectivity index (χ1v) is 5.71. The summed E-state index contributed by atoms with van der Waals surface area (Å²) in [5.41, 5.74) is 5.55. The molecule has 1 fully saturated rings. The fraction of sp³-hybridized carbons (Fsp3) is 0.800. The van der Waals surface area contributed by atoms with Crippen LogP contribution in [0.2, 0.25) is 0 Å². The highest BCUT2D eigenvalue weighted by molar-refractivity contribution is 7.80. The lowest BCUT2D eigenvalue weighted by Gasteiger charge is -2.37. The summed E-state index contributed by atoms with van der Waals surface area (Å²) >= 11 is 4.92. The zero-order valence-corrected chi connectivity index (χ0v) is 10.2. The monoisotopic (exact) mass is 229 g/mol. The molecule has 1 aliphatic rings. The van der Waals surface area contributed by atoms with E-state index in [1.165, 1.54) is 0 Å².